The van der Waals surface area contributed by atoms with Crippen LogP contribution in [0.15, 0.2) is 69.3 Å². The topological polar surface area (TPSA) is 170 Å². The Morgan fingerprint density at radius 3 is 2.59 bits per heavy atom. The Bertz CT molecular complexity index is 1600. The number of aliphatic hydroxyl groups excluding tert-OH is 1. The van der Waals surface area contributed by atoms with Gasteiger partial charge in [0, 0.05) is 11.3 Å². The van der Waals surface area contributed by atoms with Crippen LogP contribution in [-0.2, 0) is 14.3 Å². The lowest BCUT2D eigenvalue weighted by atomic mass is 9.95. The van der Waals surface area contributed by atoms with Crippen LogP contribution in [0.25, 0.3) is 11.3 Å². The molecule has 4 rings (SSSR count). The molecule has 0 saturated carbocycles. The number of aliphatic hydroxyl groups is 1. The minimum Gasteiger partial charge on any atom is -0.490 e. The number of carbonyl (C=O) groups is 3. The molecule has 0 radical (unpaired) electrons. The van der Waals surface area contributed by atoms with Crippen LogP contribution < -0.4 is 25.5 Å². The normalized spacial score (nSPS) is 15.3. The van der Waals surface area contributed by atoms with Crippen molar-refractivity contribution < 1.29 is 42.9 Å². The number of carbonyl (C=O) groups excluding carboxylic acids is 3. The molecule has 1 aliphatic heterocycles. The highest BCUT2D eigenvalue weighted by atomic mass is 35.5. The van der Waals surface area contributed by atoms with E-state index in [1.807, 2.05) is 0 Å². The highest BCUT2D eigenvalue weighted by molar-refractivity contribution is 6.33. The second-order valence-electron chi connectivity index (χ2n) is 9.30. The van der Waals surface area contributed by atoms with E-state index in [1.165, 1.54) is 20.4 Å². The predicted molar refractivity (Wildman–Crippen MR) is 159 cm³/mol. The molecule has 3 aromatic rings. The molecular formula is C30H31ClN4O9. The number of nitrogens with one attached hydrogen (secondary N) is 3. The van der Waals surface area contributed by atoms with Gasteiger partial charge in [0.05, 0.1) is 49.2 Å². The second kappa shape index (κ2) is 14.4. The molecule has 13 nitrogen and oxygen atoms in total. The van der Waals surface area contributed by atoms with E-state index in [4.69, 9.17) is 35.0 Å². The van der Waals surface area contributed by atoms with Crippen molar-refractivity contribution in [2.24, 2.45) is 5.10 Å². The molecule has 0 unspecified atom stereocenters. The third-order valence-corrected chi connectivity index (χ3v) is 6.70. The maximum absolute atomic E-state index is 12.4. The Labute approximate surface area is 257 Å². The number of rotatable bonds is 12. The largest absolute Gasteiger partial charge is 0.490 e. The van der Waals surface area contributed by atoms with E-state index in [-0.39, 0.29) is 22.8 Å². The summed E-state index contributed by atoms with van der Waals surface area (Å²) in [5.74, 6) is 0.367. The van der Waals surface area contributed by atoms with Crippen LogP contribution in [0.4, 0.5) is 4.79 Å². The summed E-state index contributed by atoms with van der Waals surface area (Å²) in [5.41, 5.74) is 4.57. The maximum atomic E-state index is 12.4. The average molecular weight is 627 g/mol. The highest BCUT2D eigenvalue weighted by Crippen LogP contribution is 2.35. The monoisotopic (exact) mass is 626 g/mol. The standard InChI is InChI=1S/C30H31ClN4O9/c1-5-42-24-13-18(27-26(29(38)41-4)16(2)33-30(39)34-27)7-10-23(24)43-15-25(36)35-32-14-19-8-11-22(44-19)17-6-9-21(31)20(12-17)28(37)40-3/h6-14,25,27,35-36H,5,15H2,1-4H3,(H2,33,34,39)/b32-14+/t25-,27-/m0/s1. The number of esters is 2. The molecule has 2 atom stereocenters. The van der Waals surface area contributed by atoms with Crippen LogP contribution in [0.3, 0.4) is 0 Å². The van der Waals surface area contributed by atoms with E-state index in [1.54, 1.807) is 62.4 Å². The zero-order valence-electron chi connectivity index (χ0n) is 24.3. The Morgan fingerprint density at radius 2 is 1.86 bits per heavy atom. The Morgan fingerprint density at radius 1 is 1.09 bits per heavy atom. The van der Waals surface area contributed by atoms with Crippen LogP contribution in [0.5, 0.6) is 11.5 Å². The van der Waals surface area contributed by atoms with Gasteiger partial charge in [0.2, 0.25) is 0 Å². The summed E-state index contributed by atoms with van der Waals surface area (Å²) >= 11 is 6.08. The highest BCUT2D eigenvalue weighted by Gasteiger charge is 2.32. The van der Waals surface area contributed by atoms with Crippen LogP contribution in [0, 0.1) is 0 Å². The third-order valence-electron chi connectivity index (χ3n) is 6.37. The van der Waals surface area contributed by atoms with Gasteiger partial charge in [-0.1, -0.05) is 17.7 Å². The number of furan rings is 1. The molecule has 0 aliphatic carbocycles. The van der Waals surface area contributed by atoms with Gasteiger partial charge in [0.25, 0.3) is 0 Å². The fourth-order valence-corrected chi connectivity index (χ4v) is 4.53. The number of hydrogen-bond donors (Lipinski definition) is 4. The summed E-state index contributed by atoms with van der Waals surface area (Å²) in [6, 6.07) is 11.9. The fraction of sp³-hybridized carbons (Fsp3) is 0.267. The Balaban J connectivity index is 1.39. The zero-order chi connectivity index (χ0) is 31.8. The summed E-state index contributed by atoms with van der Waals surface area (Å²) in [6.07, 6.45) is 0.167. The Hall–Kier alpha value is -5.01. The van der Waals surface area contributed by atoms with E-state index in [0.29, 0.717) is 46.5 Å². The Kier molecular flexibility index (Phi) is 10.5. The van der Waals surface area contributed by atoms with Gasteiger partial charge in [-0.2, -0.15) is 5.10 Å². The van der Waals surface area contributed by atoms with Crippen molar-refractivity contribution in [2.45, 2.75) is 26.1 Å². The van der Waals surface area contributed by atoms with Crippen molar-refractivity contribution in [3.63, 3.8) is 0 Å². The molecule has 0 spiro atoms. The molecule has 4 N–H and O–H groups in total. The summed E-state index contributed by atoms with van der Waals surface area (Å²) in [5, 5.41) is 19.9. The number of ether oxygens (including phenoxy) is 4. The molecule has 14 heteroatoms. The van der Waals surface area contributed by atoms with Crippen molar-refractivity contribution in [1.82, 2.24) is 16.1 Å². The van der Waals surface area contributed by atoms with E-state index in [0.717, 1.165) is 0 Å². The van der Waals surface area contributed by atoms with Crippen molar-refractivity contribution in [3.8, 4) is 22.8 Å². The number of benzene rings is 2. The van der Waals surface area contributed by atoms with Gasteiger partial charge in [-0.15, -0.1) is 0 Å². The van der Waals surface area contributed by atoms with E-state index >= 15 is 0 Å². The molecule has 232 valence electrons. The van der Waals surface area contributed by atoms with Gasteiger partial charge >= 0.3 is 18.0 Å². The van der Waals surface area contributed by atoms with Gasteiger partial charge in [-0.3, -0.25) is 5.43 Å². The van der Waals surface area contributed by atoms with Crippen molar-refractivity contribution in [2.75, 3.05) is 27.4 Å². The lowest BCUT2D eigenvalue weighted by Gasteiger charge is -2.28. The lowest BCUT2D eigenvalue weighted by molar-refractivity contribution is -0.136. The van der Waals surface area contributed by atoms with Gasteiger partial charge < -0.3 is 39.1 Å². The molecule has 2 aromatic carbocycles. The van der Waals surface area contributed by atoms with Crippen LogP contribution in [0.2, 0.25) is 5.02 Å². The van der Waals surface area contributed by atoms with E-state index in [2.05, 4.69) is 21.2 Å². The van der Waals surface area contributed by atoms with Gasteiger partial charge in [0.15, 0.2) is 17.7 Å². The summed E-state index contributed by atoms with van der Waals surface area (Å²) in [4.78, 5) is 36.5. The number of nitrogens with zero attached hydrogens (tertiary/aromatic N) is 1. The lowest BCUT2D eigenvalue weighted by Crippen LogP contribution is -2.45. The number of halogens is 1. The van der Waals surface area contributed by atoms with Gasteiger partial charge in [-0.05, 0) is 61.9 Å². The van der Waals surface area contributed by atoms with Gasteiger partial charge in [-0.25, -0.2) is 14.4 Å². The molecule has 2 heterocycles. The maximum Gasteiger partial charge on any atom is 0.339 e. The van der Waals surface area contributed by atoms with Gasteiger partial charge in [0.1, 0.15) is 18.1 Å². The first kappa shape index (κ1) is 31.9. The number of hydrogen-bond acceptors (Lipinski definition) is 11. The third kappa shape index (κ3) is 7.49. The number of methoxy groups -OCH3 is 2. The molecule has 0 fully saturated rings. The molecule has 0 saturated heterocycles. The number of hydrazone groups is 1. The average Bonchev–Trinajstić information content (AvgIpc) is 3.48. The molecule has 0 bridgehead atoms. The molecular weight excluding hydrogens is 596 g/mol. The first-order valence-corrected chi connectivity index (χ1v) is 13.7. The van der Waals surface area contributed by atoms with E-state index in [9.17, 15) is 19.5 Å². The summed E-state index contributed by atoms with van der Waals surface area (Å²) in [6.45, 7) is 3.52. The number of urea groups is 1. The van der Waals surface area contributed by atoms with Crippen molar-refractivity contribution >= 4 is 35.8 Å². The van der Waals surface area contributed by atoms with Crippen LogP contribution in [0.1, 0.15) is 41.6 Å². The van der Waals surface area contributed by atoms with Crippen LogP contribution in [-0.4, -0.2) is 63.0 Å². The predicted octanol–water partition coefficient (Wildman–Crippen LogP) is 3.91. The van der Waals surface area contributed by atoms with E-state index < -0.39 is 30.2 Å². The van der Waals surface area contributed by atoms with Crippen molar-refractivity contribution in [3.05, 3.63) is 81.7 Å². The molecule has 2 amide bonds. The molecule has 1 aliphatic rings. The second-order valence-corrected chi connectivity index (χ2v) is 9.71. The number of allylic oxidation sites excluding steroid dienone is 1. The first-order valence-electron chi connectivity index (χ1n) is 13.4. The quantitative estimate of drug-likeness (QED) is 0.100. The minimum atomic E-state index is -1.20. The fourth-order valence-electron chi connectivity index (χ4n) is 4.33. The molecule has 1 aromatic heterocycles. The zero-order valence-corrected chi connectivity index (χ0v) is 25.1. The smallest absolute Gasteiger partial charge is 0.339 e. The summed E-state index contributed by atoms with van der Waals surface area (Å²) in [7, 11) is 2.53. The first-order chi connectivity index (χ1) is 21.1. The SMILES string of the molecule is CCOc1cc([C@@H]2NC(=O)NC(C)=C2C(=O)OC)ccc1OC[C@H](O)N/N=C/c1ccc(-c2ccc(Cl)c(C(=O)OC)c2)o1. The summed E-state index contributed by atoms with van der Waals surface area (Å²) < 4.78 is 26.9. The van der Waals surface area contributed by atoms with Crippen molar-refractivity contribution in [1.29, 1.82) is 0 Å². The number of amides is 2. The molecule has 44 heavy (non-hydrogen) atoms. The minimum absolute atomic E-state index is 0.197. The van der Waals surface area contributed by atoms with Crippen LogP contribution >= 0.6 is 11.6 Å².